The summed E-state index contributed by atoms with van der Waals surface area (Å²) in [6.07, 6.45) is 1.59. The van der Waals surface area contributed by atoms with Crippen LogP contribution >= 0.6 is 0 Å². The number of aryl methyl sites for hydroxylation is 1. The van der Waals surface area contributed by atoms with Crippen molar-refractivity contribution in [2.45, 2.75) is 52.2 Å². The molecule has 2 unspecified atom stereocenters. The number of amides is 1. The Hall–Kier alpha value is -1.55. The van der Waals surface area contributed by atoms with Crippen LogP contribution in [0, 0.1) is 12.8 Å². The molecule has 0 saturated carbocycles. The lowest BCUT2D eigenvalue weighted by atomic mass is 9.92. The van der Waals surface area contributed by atoms with E-state index in [0.717, 1.165) is 19.4 Å². The van der Waals surface area contributed by atoms with Crippen LogP contribution in [0.2, 0.25) is 0 Å². The Balaban J connectivity index is 1.90. The van der Waals surface area contributed by atoms with Crippen LogP contribution in [0.1, 0.15) is 38.3 Å². The second kappa shape index (κ2) is 6.69. The molecule has 1 aliphatic rings. The van der Waals surface area contributed by atoms with E-state index in [2.05, 4.69) is 25.1 Å². The molecule has 1 heterocycles. The van der Waals surface area contributed by atoms with E-state index in [4.69, 9.17) is 10.5 Å². The van der Waals surface area contributed by atoms with Crippen molar-refractivity contribution in [1.29, 1.82) is 0 Å². The molecule has 1 saturated heterocycles. The molecule has 4 nitrogen and oxygen atoms in total. The molecule has 4 heteroatoms. The molecule has 2 N–H and O–H groups in total. The molecule has 122 valence electrons. The van der Waals surface area contributed by atoms with Gasteiger partial charge in [0.25, 0.3) is 0 Å². The fourth-order valence-corrected chi connectivity index (χ4v) is 2.89. The minimum atomic E-state index is -0.446. The van der Waals surface area contributed by atoms with Crippen LogP contribution < -0.4 is 5.73 Å². The van der Waals surface area contributed by atoms with Gasteiger partial charge in [-0.2, -0.15) is 0 Å². The van der Waals surface area contributed by atoms with Crippen molar-refractivity contribution in [3.63, 3.8) is 0 Å². The predicted molar refractivity (Wildman–Crippen MR) is 88.8 cm³/mol. The minimum absolute atomic E-state index is 0.0773. The van der Waals surface area contributed by atoms with Gasteiger partial charge in [-0.15, -0.1) is 0 Å². The van der Waals surface area contributed by atoms with E-state index in [9.17, 15) is 4.79 Å². The van der Waals surface area contributed by atoms with Crippen LogP contribution in [0.5, 0.6) is 0 Å². The van der Waals surface area contributed by atoms with Crippen LogP contribution in [0.15, 0.2) is 24.3 Å². The highest BCUT2D eigenvalue weighted by Gasteiger charge is 2.32. The topological polar surface area (TPSA) is 55.6 Å². The maximum absolute atomic E-state index is 12.1. The summed E-state index contributed by atoms with van der Waals surface area (Å²) in [6, 6.07) is 8.42. The molecule has 0 spiro atoms. The van der Waals surface area contributed by atoms with Crippen molar-refractivity contribution in [3.8, 4) is 0 Å². The molecule has 2 atom stereocenters. The molecule has 0 bridgehead atoms. The molecule has 22 heavy (non-hydrogen) atoms. The summed E-state index contributed by atoms with van der Waals surface area (Å²) in [5.74, 6) is 0.340. The first kappa shape index (κ1) is 16.8. The number of carbonyl (C=O) groups is 1. The highest BCUT2D eigenvalue weighted by atomic mass is 16.6. The standard InChI is InChI=1S/C18H28N2O2/c1-13-7-5-6-8-14(13)11-16(19)15-9-10-20(12-15)17(21)22-18(2,3)4/h5-8,15-16H,9-12,19H2,1-4H3. The number of likely N-dealkylation sites (tertiary alicyclic amines) is 1. The number of carbonyl (C=O) groups excluding carboxylic acids is 1. The Morgan fingerprint density at radius 2 is 2.09 bits per heavy atom. The van der Waals surface area contributed by atoms with Crippen molar-refractivity contribution in [2.24, 2.45) is 11.7 Å². The second-order valence-electron chi connectivity index (χ2n) is 7.27. The highest BCUT2D eigenvalue weighted by Crippen LogP contribution is 2.23. The number of hydrogen-bond acceptors (Lipinski definition) is 3. The molecule has 1 amide bonds. The summed E-state index contributed by atoms with van der Waals surface area (Å²) in [4.78, 5) is 13.9. The molecular weight excluding hydrogens is 276 g/mol. The van der Waals surface area contributed by atoms with Crippen molar-refractivity contribution in [2.75, 3.05) is 13.1 Å². The molecule has 0 aromatic heterocycles. The van der Waals surface area contributed by atoms with E-state index in [1.54, 1.807) is 4.90 Å². The Labute approximate surface area is 133 Å². The van der Waals surface area contributed by atoms with Crippen molar-refractivity contribution in [3.05, 3.63) is 35.4 Å². The van der Waals surface area contributed by atoms with E-state index < -0.39 is 5.60 Å². The fourth-order valence-electron chi connectivity index (χ4n) is 2.89. The van der Waals surface area contributed by atoms with Crippen molar-refractivity contribution in [1.82, 2.24) is 4.90 Å². The van der Waals surface area contributed by atoms with E-state index in [-0.39, 0.29) is 12.1 Å². The van der Waals surface area contributed by atoms with Gasteiger partial charge in [-0.05, 0) is 57.6 Å². The largest absolute Gasteiger partial charge is 0.444 e. The monoisotopic (exact) mass is 304 g/mol. The van der Waals surface area contributed by atoms with Gasteiger partial charge in [0.1, 0.15) is 5.60 Å². The number of nitrogens with zero attached hydrogens (tertiary/aromatic N) is 1. The average Bonchev–Trinajstić information content (AvgIpc) is 2.89. The first-order valence-corrected chi connectivity index (χ1v) is 8.04. The number of nitrogens with two attached hydrogens (primary N) is 1. The summed E-state index contributed by atoms with van der Waals surface area (Å²) in [5, 5.41) is 0. The minimum Gasteiger partial charge on any atom is -0.444 e. The van der Waals surface area contributed by atoms with Crippen LogP contribution in [0.25, 0.3) is 0 Å². The molecule has 1 aromatic rings. The Morgan fingerprint density at radius 1 is 1.41 bits per heavy atom. The van der Waals surface area contributed by atoms with Crippen LogP contribution in [-0.4, -0.2) is 35.7 Å². The lowest BCUT2D eigenvalue weighted by Gasteiger charge is -2.25. The zero-order chi connectivity index (χ0) is 16.3. The van der Waals surface area contributed by atoms with E-state index in [1.807, 2.05) is 26.8 Å². The number of benzene rings is 1. The zero-order valence-corrected chi connectivity index (χ0v) is 14.1. The van der Waals surface area contributed by atoms with Crippen molar-refractivity contribution < 1.29 is 9.53 Å². The summed E-state index contributed by atoms with van der Waals surface area (Å²) >= 11 is 0. The third-order valence-electron chi connectivity index (χ3n) is 4.20. The molecule has 2 rings (SSSR count). The van der Waals surface area contributed by atoms with Gasteiger partial charge in [0.15, 0.2) is 0 Å². The molecule has 1 aliphatic heterocycles. The number of hydrogen-bond donors (Lipinski definition) is 1. The Bertz CT molecular complexity index is 522. The number of ether oxygens (including phenoxy) is 1. The molecule has 0 radical (unpaired) electrons. The van der Waals surface area contributed by atoms with Gasteiger partial charge in [0.2, 0.25) is 0 Å². The van der Waals surface area contributed by atoms with Crippen molar-refractivity contribution >= 4 is 6.09 Å². The predicted octanol–water partition coefficient (Wildman–Crippen LogP) is 3.12. The average molecular weight is 304 g/mol. The van der Waals surface area contributed by atoms with Gasteiger partial charge >= 0.3 is 6.09 Å². The third-order valence-corrected chi connectivity index (χ3v) is 4.20. The molecule has 0 aliphatic carbocycles. The quantitative estimate of drug-likeness (QED) is 0.933. The maximum atomic E-state index is 12.1. The summed E-state index contributed by atoms with van der Waals surface area (Å²) in [7, 11) is 0. The fraction of sp³-hybridized carbons (Fsp3) is 0.611. The van der Waals surface area contributed by atoms with Gasteiger partial charge in [0.05, 0.1) is 0 Å². The lowest BCUT2D eigenvalue weighted by Crippen LogP contribution is -2.38. The van der Waals surface area contributed by atoms with Crippen LogP contribution in [0.4, 0.5) is 4.79 Å². The molecule has 1 aromatic carbocycles. The Morgan fingerprint density at radius 3 is 2.73 bits per heavy atom. The molecular formula is C18H28N2O2. The first-order valence-electron chi connectivity index (χ1n) is 8.04. The van der Waals surface area contributed by atoms with E-state index >= 15 is 0 Å². The van der Waals surface area contributed by atoms with Gasteiger partial charge < -0.3 is 15.4 Å². The second-order valence-corrected chi connectivity index (χ2v) is 7.27. The first-order chi connectivity index (χ1) is 10.3. The van der Waals surface area contributed by atoms with E-state index in [1.165, 1.54) is 11.1 Å². The zero-order valence-electron chi connectivity index (χ0n) is 14.1. The summed E-state index contributed by atoms with van der Waals surface area (Å²) in [5.41, 5.74) is 8.52. The maximum Gasteiger partial charge on any atom is 0.410 e. The SMILES string of the molecule is Cc1ccccc1CC(N)C1CCN(C(=O)OC(C)(C)C)C1. The highest BCUT2D eigenvalue weighted by molar-refractivity contribution is 5.68. The summed E-state index contributed by atoms with van der Waals surface area (Å²) in [6.45, 7) is 9.22. The Kier molecular flexibility index (Phi) is 5.12. The third kappa shape index (κ3) is 4.47. The van der Waals surface area contributed by atoms with Crippen LogP contribution in [-0.2, 0) is 11.2 Å². The molecule has 1 fully saturated rings. The normalized spacial score (nSPS) is 20.0. The van der Waals surface area contributed by atoms with Crippen LogP contribution in [0.3, 0.4) is 0 Å². The van der Waals surface area contributed by atoms with Gasteiger partial charge in [0, 0.05) is 19.1 Å². The smallest absolute Gasteiger partial charge is 0.410 e. The lowest BCUT2D eigenvalue weighted by molar-refractivity contribution is 0.0286. The number of rotatable bonds is 3. The van der Waals surface area contributed by atoms with Gasteiger partial charge in [-0.3, -0.25) is 0 Å². The van der Waals surface area contributed by atoms with Gasteiger partial charge in [-0.1, -0.05) is 24.3 Å². The summed E-state index contributed by atoms with van der Waals surface area (Å²) < 4.78 is 5.43. The van der Waals surface area contributed by atoms with Gasteiger partial charge in [-0.25, -0.2) is 4.79 Å². The van der Waals surface area contributed by atoms with E-state index in [0.29, 0.717) is 12.5 Å².